The molecule has 0 aliphatic heterocycles. The smallest absolute Gasteiger partial charge is 0.179 e. The fraction of sp³-hybridized carbons (Fsp3) is 0.267. The molecule has 112 valence electrons. The number of hydrogen-bond donors (Lipinski definition) is 1. The van der Waals surface area contributed by atoms with E-state index in [2.05, 4.69) is 0 Å². The Kier molecular flexibility index (Phi) is 5.39. The standard InChI is InChI=1S/C15H15FO3S2/c1-19-12-8-21-13(14(12)16)7-11(17)15(18)9-3-5-10(20-2)6-4-9/h3-6,8,15,18H,7H2,1-2H3. The second kappa shape index (κ2) is 7.06. The Bertz CT molecular complexity index is 622. The van der Waals surface area contributed by atoms with Crippen molar-refractivity contribution in [2.45, 2.75) is 17.4 Å². The number of thioether (sulfide) groups is 1. The third-order valence-corrected chi connectivity index (χ3v) is 4.74. The first kappa shape index (κ1) is 16.0. The summed E-state index contributed by atoms with van der Waals surface area (Å²) in [4.78, 5) is 13.4. The van der Waals surface area contributed by atoms with E-state index in [4.69, 9.17) is 4.74 Å². The topological polar surface area (TPSA) is 46.5 Å². The van der Waals surface area contributed by atoms with Crippen LogP contribution < -0.4 is 4.74 Å². The SMILES string of the molecule is COc1csc(CC(=O)C(O)c2ccc(SC)cc2)c1F. The Labute approximate surface area is 130 Å². The predicted molar refractivity (Wildman–Crippen MR) is 82.7 cm³/mol. The molecule has 0 amide bonds. The lowest BCUT2D eigenvalue weighted by molar-refractivity contribution is -0.126. The molecule has 3 nitrogen and oxygen atoms in total. The van der Waals surface area contributed by atoms with Gasteiger partial charge in [0, 0.05) is 16.7 Å². The number of carbonyl (C=O) groups is 1. The van der Waals surface area contributed by atoms with Crippen molar-refractivity contribution in [1.82, 2.24) is 0 Å². The maximum absolute atomic E-state index is 13.8. The highest BCUT2D eigenvalue weighted by Crippen LogP contribution is 2.29. The predicted octanol–water partition coefficient (Wildman–Crippen LogP) is 3.46. The van der Waals surface area contributed by atoms with Crippen molar-refractivity contribution < 1.29 is 19.0 Å². The Hall–Kier alpha value is -1.37. The molecule has 0 radical (unpaired) electrons. The lowest BCUT2D eigenvalue weighted by Gasteiger charge is -2.10. The third kappa shape index (κ3) is 3.64. The van der Waals surface area contributed by atoms with Crippen LogP contribution in [0, 0.1) is 5.82 Å². The summed E-state index contributed by atoms with van der Waals surface area (Å²) < 4.78 is 18.6. The number of thiophene rings is 1. The van der Waals surface area contributed by atoms with E-state index < -0.39 is 17.7 Å². The number of carbonyl (C=O) groups excluding carboxylic acids is 1. The van der Waals surface area contributed by atoms with Gasteiger partial charge in [-0.3, -0.25) is 4.79 Å². The van der Waals surface area contributed by atoms with Gasteiger partial charge in [-0.05, 0) is 24.0 Å². The quantitative estimate of drug-likeness (QED) is 0.826. The second-order valence-corrected chi connectivity index (χ2v) is 6.20. The summed E-state index contributed by atoms with van der Waals surface area (Å²) in [5, 5.41) is 11.6. The van der Waals surface area contributed by atoms with Crippen LogP contribution in [-0.2, 0) is 11.2 Å². The Balaban J connectivity index is 2.09. The minimum atomic E-state index is -1.24. The first-order valence-electron chi connectivity index (χ1n) is 6.21. The van der Waals surface area contributed by atoms with Crippen molar-refractivity contribution in [2.24, 2.45) is 0 Å². The number of hydrogen-bond acceptors (Lipinski definition) is 5. The third-order valence-electron chi connectivity index (χ3n) is 3.06. The molecule has 0 fully saturated rings. The van der Waals surface area contributed by atoms with Crippen LogP contribution >= 0.6 is 23.1 Å². The van der Waals surface area contributed by atoms with Crippen molar-refractivity contribution in [2.75, 3.05) is 13.4 Å². The van der Waals surface area contributed by atoms with Crippen molar-refractivity contribution in [3.8, 4) is 5.75 Å². The van der Waals surface area contributed by atoms with Gasteiger partial charge in [-0.2, -0.15) is 0 Å². The Morgan fingerprint density at radius 1 is 1.43 bits per heavy atom. The van der Waals surface area contributed by atoms with Gasteiger partial charge in [-0.1, -0.05) is 12.1 Å². The Morgan fingerprint density at radius 3 is 2.62 bits per heavy atom. The highest BCUT2D eigenvalue weighted by molar-refractivity contribution is 7.98. The minimum absolute atomic E-state index is 0.126. The van der Waals surface area contributed by atoms with Crippen LogP contribution in [0.2, 0.25) is 0 Å². The molecule has 0 saturated heterocycles. The van der Waals surface area contributed by atoms with E-state index in [1.54, 1.807) is 23.9 Å². The summed E-state index contributed by atoms with van der Waals surface area (Å²) in [6, 6.07) is 7.09. The van der Waals surface area contributed by atoms with Gasteiger partial charge in [0.25, 0.3) is 0 Å². The lowest BCUT2D eigenvalue weighted by atomic mass is 10.0. The van der Waals surface area contributed by atoms with Gasteiger partial charge in [0.15, 0.2) is 17.3 Å². The van der Waals surface area contributed by atoms with Crippen molar-refractivity contribution in [3.63, 3.8) is 0 Å². The number of aliphatic hydroxyl groups excluding tert-OH is 1. The molecule has 1 aromatic heterocycles. The molecule has 21 heavy (non-hydrogen) atoms. The molecule has 0 saturated carbocycles. The van der Waals surface area contributed by atoms with E-state index in [-0.39, 0.29) is 17.0 Å². The zero-order valence-corrected chi connectivity index (χ0v) is 13.3. The number of halogens is 1. The molecule has 1 atom stereocenters. The summed E-state index contributed by atoms with van der Waals surface area (Å²) in [7, 11) is 1.37. The number of Topliss-reactive ketones (excluding diaryl/α,β-unsaturated/α-hetero) is 1. The molecule has 0 aliphatic carbocycles. The van der Waals surface area contributed by atoms with E-state index in [0.717, 1.165) is 16.2 Å². The van der Waals surface area contributed by atoms with Gasteiger partial charge in [0.05, 0.1) is 12.0 Å². The van der Waals surface area contributed by atoms with Crippen LogP contribution in [-0.4, -0.2) is 24.3 Å². The fourth-order valence-corrected chi connectivity index (χ4v) is 3.14. The number of benzene rings is 1. The van der Waals surface area contributed by atoms with Gasteiger partial charge in [0.2, 0.25) is 0 Å². The molecule has 6 heteroatoms. The lowest BCUT2D eigenvalue weighted by Crippen LogP contribution is -2.14. The second-order valence-electron chi connectivity index (χ2n) is 4.36. The fourth-order valence-electron chi connectivity index (χ4n) is 1.85. The molecule has 0 spiro atoms. The molecule has 1 unspecified atom stereocenters. The van der Waals surface area contributed by atoms with Crippen LogP contribution in [0.15, 0.2) is 34.5 Å². The van der Waals surface area contributed by atoms with Crippen LogP contribution in [0.25, 0.3) is 0 Å². The number of methoxy groups -OCH3 is 1. The molecule has 0 bridgehead atoms. The first-order valence-corrected chi connectivity index (χ1v) is 8.31. The zero-order valence-electron chi connectivity index (χ0n) is 11.6. The molecule has 1 N–H and O–H groups in total. The van der Waals surface area contributed by atoms with E-state index in [1.165, 1.54) is 12.5 Å². The summed E-state index contributed by atoms with van der Waals surface area (Å²) in [5.74, 6) is -0.835. The van der Waals surface area contributed by atoms with Gasteiger partial charge in [-0.25, -0.2) is 4.39 Å². The van der Waals surface area contributed by atoms with Crippen LogP contribution in [0.4, 0.5) is 4.39 Å². The molecule has 1 heterocycles. The van der Waals surface area contributed by atoms with Crippen LogP contribution in [0.5, 0.6) is 5.75 Å². The van der Waals surface area contributed by atoms with Crippen molar-refractivity contribution in [3.05, 3.63) is 45.9 Å². The van der Waals surface area contributed by atoms with Gasteiger partial charge in [-0.15, -0.1) is 23.1 Å². The summed E-state index contributed by atoms with van der Waals surface area (Å²) in [6.45, 7) is 0. The average Bonchev–Trinajstić information content (AvgIpc) is 2.87. The monoisotopic (exact) mass is 326 g/mol. The number of rotatable bonds is 6. The largest absolute Gasteiger partial charge is 0.493 e. The van der Waals surface area contributed by atoms with Crippen molar-refractivity contribution >= 4 is 28.9 Å². The number of aliphatic hydroxyl groups is 1. The number of ether oxygens (including phenoxy) is 1. The van der Waals surface area contributed by atoms with Crippen LogP contribution in [0.3, 0.4) is 0 Å². The minimum Gasteiger partial charge on any atom is -0.493 e. The maximum atomic E-state index is 13.8. The molecular weight excluding hydrogens is 311 g/mol. The van der Waals surface area contributed by atoms with Gasteiger partial charge in [0.1, 0.15) is 6.10 Å². The molecular formula is C15H15FO3S2. The molecule has 1 aromatic carbocycles. The van der Waals surface area contributed by atoms with Gasteiger partial charge >= 0.3 is 0 Å². The van der Waals surface area contributed by atoms with E-state index in [1.807, 2.05) is 18.4 Å². The highest BCUT2D eigenvalue weighted by Gasteiger charge is 2.21. The van der Waals surface area contributed by atoms with E-state index in [9.17, 15) is 14.3 Å². The first-order chi connectivity index (χ1) is 10.1. The summed E-state index contributed by atoms with van der Waals surface area (Å²) in [5.41, 5.74) is 0.515. The van der Waals surface area contributed by atoms with E-state index >= 15 is 0 Å². The Morgan fingerprint density at radius 2 is 2.10 bits per heavy atom. The molecule has 2 rings (SSSR count). The zero-order chi connectivity index (χ0) is 15.4. The molecule has 2 aromatic rings. The number of ketones is 1. The molecule has 0 aliphatic rings. The van der Waals surface area contributed by atoms with Crippen molar-refractivity contribution in [1.29, 1.82) is 0 Å². The summed E-state index contributed by atoms with van der Waals surface area (Å²) in [6.07, 6.45) is 0.558. The normalized spacial score (nSPS) is 12.2. The van der Waals surface area contributed by atoms with Crippen LogP contribution in [0.1, 0.15) is 16.5 Å². The highest BCUT2D eigenvalue weighted by atomic mass is 32.2. The average molecular weight is 326 g/mol. The van der Waals surface area contributed by atoms with Gasteiger partial charge < -0.3 is 9.84 Å². The van der Waals surface area contributed by atoms with E-state index in [0.29, 0.717) is 5.56 Å². The maximum Gasteiger partial charge on any atom is 0.179 e. The summed E-state index contributed by atoms with van der Waals surface area (Å²) >= 11 is 2.69.